The molecule has 2 aromatic carbocycles. The van der Waals surface area contributed by atoms with Gasteiger partial charge in [-0.1, -0.05) is 18.2 Å². The van der Waals surface area contributed by atoms with Gasteiger partial charge in [0.15, 0.2) is 16.9 Å². The second kappa shape index (κ2) is 6.47. The third-order valence-corrected chi connectivity index (χ3v) is 6.87. The van der Waals surface area contributed by atoms with E-state index in [-0.39, 0.29) is 19.3 Å². The number of carbonyl (C=O) groups excluding carboxylic acids is 3. The highest BCUT2D eigenvalue weighted by Crippen LogP contribution is 2.48. The number of imide groups is 2. The minimum Gasteiger partial charge on any atom is -0.454 e. The van der Waals surface area contributed by atoms with Gasteiger partial charge in [0.1, 0.15) is 0 Å². The van der Waals surface area contributed by atoms with Crippen LogP contribution in [-0.2, 0) is 16.0 Å². The number of urea groups is 1. The van der Waals surface area contributed by atoms with Crippen LogP contribution in [0.5, 0.6) is 11.5 Å². The molecule has 2 saturated heterocycles. The van der Waals surface area contributed by atoms with E-state index in [1.54, 1.807) is 18.2 Å². The van der Waals surface area contributed by atoms with Crippen molar-refractivity contribution in [2.24, 2.45) is 5.41 Å². The van der Waals surface area contributed by atoms with Crippen molar-refractivity contribution in [3.8, 4) is 11.5 Å². The number of barbiturate groups is 1. The van der Waals surface area contributed by atoms with Crippen molar-refractivity contribution in [1.29, 1.82) is 0 Å². The van der Waals surface area contributed by atoms with Gasteiger partial charge in [0, 0.05) is 18.3 Å². The Labute approximate surface area is 178 Å². The first-order chi connectivity index (χ1) is 15.1. The third-order valence-electron chi connectivity index (χ3n) is 6.87. The zero-order valence-corrected chi connectivity index (χ0v) is 16.8. The largest absolute Gasteiger partial charge is 0.454 e. The Balaban J connectivity index is 1.48. The summed E-state index contributed by atoms with van der Waals surface area (Å²) in [6, 6.07) is 11.8. The number of anilines is 2. The molecule has 2 atom stereocenters. The van der Waals surface area contributed by atoms with E-state index in [2.05, 4.69) is 10.2 Å². The predicted molar refractivity (Wildman–Crippen MR) is 111 cm³/mol. The molecule has 4 heterocycles. The number of ether oxygens (including phenoxy) is 2. The number of nitrogens with one attached hydrogen (secondary N) is 1. The van der Waals surface area contributed by atoms with Gasteiger partial charge in [0.25, 0.3) is 5.91 Å². The fourth-order valence-corrected chi connectivity index (χ4v) is 5.45. The number of rotatable bonds is 1. The zero-order valence-electron chi connectivity index (χ0n) is 16.8. The highest BCUT2D eigenvalue weighted by Gasteiger charge is 2.62. The van der Waals surface area contributed by atoms with Gasteiger partial charge in [-0.25, -0.2) is 9.69 Å². The van der Waals surface area contributed by atoms with E-state index in [1.807, 2.05) is 24.3 Å². The minimum atomic E-state index is -1.36. The van der Waals surface area contributed by atoms with Crippen LogP contribution in [0.4, 0.5) is 16.2 Å². The quantitative estimate of drug-likeness (QED) is 0.715. The minimum absolute atomic E-state index is 0.0924. The summed E-state index contributed by atoms with van der Waals surface area (Å²) >= 11 is 0. The van der Waals surface area contributed by atoms with Gasteiger partial charge < -0.3 is 14.4 Å². The molecular formula is C23H21N3O5. The van der Waals surface area contributed by atoms with Crippen molar-refractivity contribution in [3.63, 3.8) is 0 Å². The van der Waals surface area contributed by atoms with Gasteiger partial charge in [0.2, 0.25) is 12.7 Å². The van der Waals surface area contributed by atoms with Gasteiger partial charge in [-0.2, -0.15) is 0 Å². The van der Waals surface area contributed by atoms with E-state index in [1.165, 1.54) is 0 Å². The molecular weight excluding hydrogens is 398 g/mol. The zero-order chi connectivity index (χ0) is 21.2. The first-order valence-corrected chi connectivity index (χ1v) is 10.5. The summed E-state index contributed by atoms with van der Waals surface area (Å²) in [5.74, 6) is 0.0409. The molecule has 158 valence electrons. The number of amides is 4. The van der Waals surface area contributed by atoms with Gasteiger partial charge >= 0.3 is 6.03 Å². The lowest BCUT2D eigenvalue weighted by Gasteiger charge is -2.53. The van der Waals surface area contributed by atoms with Crippen LogP contribution in [0.25, 0.3) is 0 Å². The summed E-state index contributed by atoms with van der Waals surface area (Å²) in [6.45, 7) is 0.872. The number of fused-ring (bicyclic) bond motifs is 5. The van der Waals surface area contributed by atoms with Crippen LogP contribution in [0.1, 0.15) is 24.8 Å². The van der Waals surface area contributed by atoms with Crippen LogP contribution < -0.4 is 24.6 Å². The SMILES string of the molecule is O=C1NC(=O)C2(Cc3ccccc3N3CCCCC32)C(=O)N1c1ccc2c(c1)OCO2. The normalized spacial score (nSPS) is 26.6. The van der Waals surface area contributed by atoms with Gasteiger partial charge in [0.05, 0.1) is 11.7 Å². The second-order valence-corrected chi connectivity index (χ2v) is 8.42. The Morgan fingerprint density at radius 1 is 1.00 bits per heavy atom. The number of hydrogen-bond donors (Lipinski definition) is 1. The molecule has 4 aliphatic heterocycles. The first-order valence-electron chi connectivity index (χ1n) is 10.5. The monoisotopic (exact) mass is 419 g/mol. The highest BCUT2D eigenvalue weighted by molar-refractivity contribution is 6.30. The van der Waals surface area contributed by atoms with Crippen LogP contribution in [-0.4, -0.2) is 37.2 Å². The molecule has 2 unspecified atom stereocenters. The topological polar surface area (TPSA) is 88.2 Å². The average molecular weight is 419 g/mol. The van der Waals surface area contributed by atoms with Gasteiger partial charge in [-0.15, -0.1) is 0 Å². The Bertz CT molecular complexity index is 1130. The molecule has 4 amide bonds. The fourth-order valence-electron chi connectivity index (χ4n) is 5.45. The number of nitrogens with zero attached hydrogens (tertiary/aromatic N) is 2. The molecule has 8 nitrogen and oxygen atoms in total. The molecule has 1 N–H and O–H groups in total. The van der Waals surface area contributed by atoms with E-state index in [0.717, 1.165) is 42.0 Å². The summed E-state index contributed by atoms with van der Waals surface area (Å²) < 4.78 is 10.8. The Morgan fingerprint density at radius 2 is 1.84 bits per heavy atom. The lowest BCUT2D eigenvalue weighted by molar-refractivity contribution is -0.145. The Morgan fingerprint density at radius 3 is 2.74 bits per heavy atom. The van der Waals surface area contributed by atoms with E-state index >= 15 is 0 Å². The molecule has 0 aliphatic carbocycles. The molecule has 2 fully saturated rings. The van der Waals surface area contributed by atoms with E-state index in [4.69, 9.17) is 9.47 Å². The van der Waals surface area contributed by atoms with Crippen LogP contribution in [0.3, 0.4) is 0 Å². The van der Waals surface area contributed by atoms with Crippen molar-refractivity contribution >= 4 is 29.2 Å². The summed E-state index contributed by atoms with van der Waals surface area (Å²) in [5, 5.41) is 2.48. The summed E-state index contributed by atoms with van der Waals surface area (Å²) in [4.78, 5) is 43.5. The molecule has 8 heteroatoms. The summed E-state index contributed by atoms with van der Waals surface area (Å²) in [6.07, 6.45) is 2.92. The summed E-state index contributed by atoms with van der Waals surface area (Å²) in [7, 11) is 0. The maximum atomic E-state index is 14.0. The van der Waals surface area contributed by atoms with Crippen LogP contribution >= 0.6 is 0 Å². The molecule has 0 bridgehead atoms. The number of piperidine rings is 1. The Hall–Kier alpha value is -3.55. The maximum Gasteiger partial charge on any atom is 0.335 e. The van der Waals surface area contributed by atoms with Crippen LogP contribution in [0.2, 0.25) is 0 Å². The number of benzene rings is 2. The number of para-hydroxylation sites is 1. The fraction of sp³-hybridized carbons (Fsp3) is 0.348. The average Bonchev–Trinajstić information content (AvgIpc) is 3.26. The second-order valence-electron chi connectivity index (χ2n) is 8.42. The van der Waals surface area contributed by atoms with Crippen LogP contribution in [0, 0.1) is 5.41 Å². The highest BCUT2D eigenvalue weighted by atomic mass is 16.7. The Kier molecular flexibility index (Phi) is 3.81. The van der Waals surface area contributed by atoms with Crippen LogP contribution in [0.15, 0.2) is 42.5 Å². The van der Waals surface area contributed by atoms with Crippen molar-refractivity contribution in [2.75, 3.05) is 23.1 Å². The van der Waals surface area contributed by atoms with E-state index in [0.29, 0.717) is 17.2 Å². The molecule has 0 saturated carbocycles. The van der Waals surface area contributed by atoms with E-state index < -0.39 is 23.3 Å². The molecule has 0 radical (unpaired) electrons. The summed E-state index contributed by atoms with van der Waals surface area (Å²) in [5.41, 5.74) is 1.02. The predicted octanol–water partition coefficient (Wildman–Crippen LogP) is 2.60. The van der Waals surface area contributed by atoms with Crippen molar-refractivity contribution in [1.82, 2.24) is 5.32 Å². The third kappa shape index (κ3) is 2.44. The lowest BCUT2D eigenvalue weighted by atomic mass is 9.66. The smallest absolute Gasteiger partial charge is 0.335 e. The van der Waals surface area contributed by atoms with Crippen molar-refractivity contribution < 1.29 is 23.9 Å². The molecule has 31 heavy (non-hydrogen) atoms. The molecule has 0 aromatic heterocycles. The number of carbonyl (C=O) groups is 3. The lowest BCUT2D eigenvalue weighted by Crippen LogP contribution is -2.72. The number of hydrogen-bond acceptors (Lipinski definition) is 6. The van der Waals surface area contributed by atoms with E-state index in [9.17, 15) is 14.4 Å². The standard InChI is InChI=1S/C23H21N3O5/c27-20-23(12-14-5-1-2-6-16(14)25-10-4-3-7-19(23)25)21(28)26(22(29)24-20)15-8-9-17-18(11-15)31-13-30-17/h1-2,5-6,8-9,11,19H,3-4,7,10,12-13H2,(H,24,27,29). The van der Waals surface area contributed by atoms with Crippen molar-refractivity contribution in [3.05, 3.63) is 48.0 Å². The van der Waals surface area contributed by atoms with Gasteiger partial charge in [-0.3, -0.25) is 14.9 Å². The maximum absolute atomic E-state index is 14.0. The molecule has 1 spiro atoms. The molecule has 6 rings (SSSR count). The van der Waals surface area contributed by atoms with Gasteiger partial charge in [-0.05, 0) is 49.4 Å². The molecule has 4 aliphatic rings. The van der Waals surface area contributed by atoms with Crippen molar-refractivity contribution in [2.45, 2.75) is 31.7 Å². The molecule has 2 aromatic rings. The first kappa shape index (κ1) is 18.2.